The van der Waals surface area contributed by atoms with E-state index >= 15 is 0 Å². The van der Waals surface area contributed by atoms with E-state index in [0.717, 1.165) is 25.3 Å². The Bertz CT molecular complexity index is 636. The molecule has 6 nitrogen and oxygen atoms in total. The fourth-order valence-electron chi connectivity index (χ4n) is 3.06. The Morgan fingerprint density at radius 2 is 1.76 bits per heavy atom. The van der Waals surface area contributed by atoms with Crippen LogP contribution in [0.1, 0.15) is 25.7 Å². The van der Waals surface area contributed by atoms with E-state index in [1.165, 1.54) is 12.8 Å². The first-order valence-corrected chi connectivity index (χ1v) is 10.5. The van der Waals surface area contributed by atoms with Gasteiger partial charge >= 0.3 is 0 Å². The molecule has 1 aromatic rings. The Morgan fingerprint density at radius 3 is 2.36 bits per heavy atom. The minimum atomic E-state index is -3.42. The van der Waals surface area contributed by atoms with Crippen molar-refractivity contribution in [1.29, 1.82) is 0 Å². The molecule has 1 saturated carbocycles. The first-order valence-electron chi connectivity index (χ1n) is 9.05. The van der Waals surface area contributed by atoms with Crippen LogP contribution in [-0.4, -0.2) is 58.7 Å². The van der Waals surface area contributed by atoms with Gasteiger partial charge in [0, 0.05) is 26.2 Å². The molecular formula is C18H28N2O4S. The van der Waals surface area contributed by atoms with Gasteiger partial charge in [0.1, 0.15) is 12.4 Å². The molecule has 0 amide bonds. The highest BCUT2D eigenvalue weighted by molar-refractivity contribution is 7.89. The van der Waals surface area contributed by atoms with Gasteiger partial charge < -0.3 is 14.8 Å². The average Bonchev–Trinajstić information content (AvgIpc) is 3.45. The maximum Gasteiger partial charge on any atom is 0.243 e. The Balaban J connectivity index is 1.52. The van der Waals surface area contributed by atoms with Crippen LogP contribution in [0.2, 0.25) is 0 Å². The number of sulfonamides is 1. The monoisotopic (exact) mass is 368 g/mol. The van der Waals surface area contributed by atoms with Crippen molar-refractivity contribution >= 4 is 10.0 Å². The summed E-state index contributed by atoms with van der Waals surface area (Å²) in [6, 6.07) is 7.09. The highest BCUT2D eigenvalue weighted by atomic mass is 32.2. The average molecular weight is 368 g/mol. The van der Waals surface area contributed by atoms with Crippen LogP contribution >= 0.6 is 0 Å². The van der Waals surface area contributed by atoms with Crippen molar-refractivity contribution in [3.63, 3.8) is 0 Å². The summed E-state index contributed by atoms with van der Waals surface area (Å²) in [6.45, 7) is 3.20. The summed E-state index contributed by atoms with van der Waals surface area (Å²) in [6.07, 6.45) is 4.44. The van der Waals surface area contributed by atoms with Crippen LogP contribution in [0.3, 0.4) is 0 Å². The molecule has 2 aliphatic rings. The molecule has 25 heavy (non-hydrogen) atoms. The Kier molecular flexibility index (Phi) is 6.33. The zero-order valence-corrected chi connectivity index (χ0v) is 15.6. The molecule has 0 spiro atoms. The normalized spacial score (nSPS) is 19.9. The quantitative estimate of drug-likeness (QED) is 0.674. The number of benzene rings is 1. The Labute approximate surface area is 150 Å². The smallest absolute Gasteiger partial charge is 0.243 e. The van der Waals surface area contributed by atoms with Crippen molar-refractivity contribution in [2.45, 2.75) is 36.6 Å². The molecule has 0 bridgehead atoms. The van der Waals surface area contributed by atoms with Crippen LogP contribution < -0.4 is 10.1 Å². The van der Waals surface area contributed by atoms with Gasteiger partial charge in [0.15, 0.2) is 0 Å². The van der Waals surface area contributed by atoms with Gasteiger partial charge in [-0.05, 0) is 62.4 Å². The van der Waals surface area contributed by atoms with Gasteiger partial charge in [-0.2, -0.15) is 4.31 Å². The highest BCUT2D eigenvalue weighted by Crippen LogP contribution is 2.28. The summed E-state index contributed by atoms with van der Waals surface area (Å²) >= 11 is 0. The lowest BCUT2D eigenvalue weighted by atomic mass is 10.1. The number of rotatable bonds is 9. The Hall–Kier alpha value is -1.15. The molecule has 1 aliphatic heterocycles. The van der Waals surface area contributed by atoms with Gasteiger partial charge in [-0.3, -0.25) is 0 Å². The van der Waals surface area contributed by atoms with Crippen molar-refractivity contribution in [2.75, 3.05) is 40.0 Å². The van der Waals surface area contributed by atoms with Crippen molar-refractivity contribution in [2.24, 2.45) is 5.92 Å². The maximum absolute atomic E-state index is 12.8. The number of nitrogens with one attached hydrogen (secondary N) is 1. The summed E-state index contributed by atoms with van der Waals surface area (Å²) in [5.74, 6) is 1.50. The fourth-order valence-corrected chi connectivity index (χ4v) is 4.53. The van der Waals surface area contributed by atoms with Crippen LogP contribution in [0.15, 0.2) is 29.2 Å². The van der Waals surface area contributed by atoms with Crippen LogP contribution in [0.25, 0.3) is 0 Å². The van der Waals surface area contributed by atoms with Gasteiger partial charge in [-0.25, -0.2) is 8.42 Å². The summed E-state index contributed by atoms with van der Waals surface area (Å²) in [5.41, 5.74) is 0. The molecule has 0 unspecified atom stereocenters. The highest BCUT2D eigenvalue weighted by Gasteiger charge is 2.30. The molecule has 1 aromatic carbocycles. The van der Waals surface area contributed by atoms with E-state index in [-0.39, 0.29) is 0 Å². The second-order valence-electron chi connectivity index (χ2n) is 6.84. The zero-order valence-electron chi connectivity index (χ0n) is 14.8. The lowest BCUT2D eigenvalue weighted by Crippen LogP contribution is -2.45. The molecular weight excluding hydrogens is 340 g/mol. The van der Waals surface area contributed by atoms with E-state index in [4.69, 9.17) is 9.47 Å². The molecule has 2 fully saturated rings. The SMILES string of the molecule is COCCOc1ccc(S(=O)(=O)N2CCC(NCC3CC3)CC2)cc1. The molecule has 3 rings (SSSR count). The van der Waals surface area contributed by atoms with Gasteiger partial charge in [0.2, 0.25) is 10.0 Å². The van der Waals surface area contributed by atoms with Gasteiger partial charge in [0.05, 0.1) is 11.5 Å². The van der Waals surface area contributed by atoms with E-state index in [2.05, 4.69) is 5.32 Å². The predicted octanol–water partition coefficient (Wildman–Crippen LogP) is 1.86. The summed E-state index contributed by atoms with van der Waals surface area (Å²) in [4.78, 5) is 0.330. The minimum Gasteiger partial charge on any atom is -0.491 e. The van der Waals surface area contributed by atoms with E-state index in [1.807, 2.05) is 0 Å². The summed E-state index contributed by atoms with van der Waals surface area (Å²) in [5, 5.41) is 3.58. The van der Waals surface area contributed by atoms with Crippen molar-refractivity contribution in [3.05, 3.63) is 24.3 Å². The third kappa shape index (κ3) is 5.17. The molecule has 0 radical (unpaired) electrons. The molecule has 1 saturated heterocycles. The number of methoxy groups -OCH3 is 1. The minimum absolute atomic E-state index is 0.330. The van der Waals surface area contributed by atoms with Crippen molar-refractivity contribution in [3.8, 4) is 5.75 Å². The van der Waals surface area contributed by atoms with Crippen LogP contribution in [-0.2, 0) is 14.8 Å². The number of piperidine rings is 1. The van der Waals surface area contributed by atoms with E-state index in [0.29, 0.717) is 43.0 Å². The largest absolute Gasteiger partial charge is 0.491 e. The van der Waals surface area contributed by atoms with Crippen molar-refractivity contribution < 1.29 is 17.9 Å². The predicted molar refractivity (Wildman–Crippen MR) is 96.3 cm³/mol. The maximum atomic E-state index is 12.8. The molecule has 1 aliphatic carbocycles. The number of hydrogen-bond donors (Lipinski definition) is 1. The Morgan fingerprint density at radius 1 is 1.08 bits per heavy atom. The molecule has 0 atom stereocenters. The molecule has 1 N–H and O–H groups in total. The number of hydrogen-bond acceptors (Lipinski definition) is 5. The molecule has 0 aromatic heterocycles. The lowest BCUT2D eigenvalue weighted by Gasteiger charge is -2.31. The first kappa shape index (κ1) is 18.6. The zero-order chi connectivity index (χ0) is 17.7. The van der Waals surface area contributed by atoms with E-state index in [1.54, 1.807) is 35.7 Å². The van der Waals surface area contributed by atoms with Gasteiger partial charge in [0.25, 0.3) is 0 Å². The second kappa shape index (κ2) is 8.49. The third-order valence-electron chi connectivity index (χ3n) is 4.86. The molecule has 1 heterocycles. The lowest BCUT2D eigenvalue weighted by molar-refractivity contribution is 0.146. The standard InChI is InChI=1S/C18H28N2O4S/c1-23-12-13-24-17-4-6-18(7-5-17)25(21,22)20-10-8-16(9-11-20)19-14-15-2-3-15/h4-7,15-16,19H,2-3,8-14H2,1H3. The van der Waals surface area contributed by atoms with Gasteiger partial charge in [-0.15, -0.1) is 0 Å². The second-order valence-corrected chi connectivity index (χ2v) is 8.78. The van der Waals surface area contributed by atoms with Crippen molar-refractivity contribution in [1.82, 2.24) is 9.62 Å². The topological polar surface area (TPSA) is 67.9 Å². The fraction of sp³-hybridized carbons (Fsp3) is 0.667. The van der Waals surface area contributed by atoms with Crippen LogP contribution in [0.5, 0.6) is 5.75 Å². The molecule has 140 valence electrons. The first-order chi connectivity index (χ1) is 12.1. The van der Waals surface area contributed by atoms with E-state index < -0.39 is 10.0 Å². The number of ether oxygens (including phenoxy) is 2. The number of nitrogens with zero attached hydrogens (tertiary/aromatic N) is 1. The van der Waals surface area contributed by atoms with Crippen LogP contribution in [0.4, 0.5) is 0 Å². The van der Waals surface area contributed by atoms with Crippen LogP contribution in [0, 0.1) is 5.92 Å². The van der Waals surface area contributed by atoms with Gasteiger partial charge in [-0.1, -0.05) is 0 Å². The van der Waals surface area contributed by atoms with E-state index in [9.17, 15) is 8.42 Å². The summed E-state index contributed by atoms with van der Waals surface area (Å²) < 4.78 is 37.6. The molecule has 7 heteroatoms. The third-order valence-corrected chi connectivity index (χ3v) is 6.78. The summed E-state index contributed by atoms with van der Waals surface area (Å²) in [7, 11) is -1.81.